The number of hydrogen-bond donors (Lipinski definition) is 0. The Hall–Kier alpha value is -1.27. The molecular weight excluding hydrogens is 256 g/mol. The second kappa shape index (κ2) is 5.88. The lowest BCUT2D eigenvalue weighted by atomic mass is 10.2. The lowest BCUT2D eigenvalue weighted by Gasteiger charge is -1.98. The Morgan fingerprint density at radius 1 is 1.41 bits per heavy atom. The van der Waals surface area contributed by atoms with Crippen LogP contribution >= 0.6 is 22.7 Å². The van der Waals surface area contributed by atoms with E-state index < -0.39 is 0 Å². The van der Waals surface area contributed by atoms with E-state index in [1.165, 1.54) is 0 Å². The monoisotopic (exact) mass is 268 g/mol. The molecule has 0 spiro atoms. The summed E-state index contributed by atoms with van der Waals surface area (Å²) in [6, 6.07) is 0. The molecule has 0 aliphatic rings. The maximum Gasteiger partial charge on any atom is 0.306 e. The van der Waals surface area contributed by atoms with Gasteiger partial charge < -0.3 is 4.74 Å². The molecule has 0 fully saturated rings. The number of carbonyl (C=O) groups is 1. The molecule has 0 aliphatic heterocycles. The van der Waals surface area contributed by atoms with Gasteiger partial charge in [0.2, 0.25) is 0 Å². The summed E-state index contributed by atoms with van der Waals surface area (Å²) in [7, 11) is 0. The molecule has 0 bridgehead atoms. The third kappa shape index (κ3) is 3.34. The molecular formula is C11H12N2O2S2. The van der Waals surface area contributed by atoms with E-state index in [1.807, 2.05) is 10.8 Å². The molecule has 0 radical (unpaired) electrons. The van der Waals surface area contributed by atoms with E-state index in [2.05, 4.69) is 9.97 Å². The van der Waals surface area contributed by atoms with Crippen LogP contribution in [0.25, 0.3) is 10.0 Å². The average molecular weight is 268 g/mol. The van der Waals surface area contributed by atoms with Crippen molar-refractivity contribution in [1.82, 2.24) is 9.97 Å². The largest absolute Gasteiger partial charge is 0.466 e. The van der Waals surface area contributed by atoms with Crippen LogP contribution in [0.5, 0.6) is 0 Å². The summed E-state index contributed by atoms with van der Waals surface area (Å²) in [5, 5.41) is 5.74. The van der Waals surface area contributed by atoms with Crippen LogP contribution in [-0.4, -0.2) is 22.5 Å². The molecule has 0 aliphatic carbocycles. The highest BCUT2D eigenvalue weighted by atomic mass is 32.1. The summed E-state index contributed by atoms with van der Waals surface area (Å²) in [5.74, 6) is -0.170. The zero-order valence-corrected chi connectivity index (χ0v) is 11.0. The van der Waals surface area contributed by atoms with Gasteiger partial charge in [0.1, 0.15) is 0 Å². The predicted molar refractivity (Wildman–Crippen MR) is 68.2 cm³/mol. The van der Waals surface area contributed by atoms with E-state index in [-0.39, 0.29) is 5.97 Å². The molecule has 0 unspecified atom stereocenters. The molecule has 2 rings (SSSR count). The molecule has 0 atom stereocenters. The minimum atomic E-state index is -0.170. The van der Waals surface area contributed by atoms with Crippen molar-refractivity contribution in [2.75, 3.05) is 6.61 Å². The third-order valence-electron chi connectivity index (χ3n) is 2.06. The zero-order valence-electron chi connectivity index (χ0n) is 9.38. The van der Waals surface area contributed by atoms with Gasteiger partial charge in [0, 0.05) is 23.4 Å². The lowest BCUT2D eigenvalue weighted by molar-refractivity contribution is -0.143. The molecule has 17 heavy (non-hydrogen) atoms. The van der Waals surface area contributed by atoms with E-state index in [0.717, 1.165) is 15.7 Å². The van der Waals surface area contributed by atoms with Gasteiger partial charge in [-0.1, -0.05) is 0 Å². The Bertz CT molecular complexity index is 479. The van der Waals surface area contributed by atoms with E-state index >= 15 is 0 Å². The van der Waals surface area contributed by atoms with Crippen LogP contribution in [0.4, 0.5) is 0 Å². The summed E-state index contributed by atoms with van der Waals surface area (Å²) in [6.45, 7) is 2.24. The number of nitrogens with zero attached hydrogens (tertiary/aromatic N) is 2. The summed E-state index contributed by atoms with van der Waals surface area (Å²) < 4.78 is 4.87. The quantitative estimate of drug-likeness (QED) is 0.782. The molecule has 0 aromatic carbocycles. The Morgan fingerprint density at radius 3 is 3.00 bits per heavy atom. The number of aromatic nitrogens is 2. The predicted octanol–water partition coefficient (Wildman–Crippen LogP) is 2.76. The maximum absolute atomic E-state index is 11.2. The molecule has 0 amide bonds. The number of ether oxygens (including phenoxy) is 1. The van der Waals surface area contributed by atoms with Gasteiger partial charge in [-0.05, 0) is 6.92 Å². The van der Waals surface area contributed by atoms with Gasteiger partial charge in [-0.25, -0.2) is 9.97 Å². The van der Waals surface area contributed by atoms with Gasteiger partial charge in [0.05, 0.1) is 18.7 Å². The smallest absolute Gasteiger partial charge is 0.306 e. The number of aryl methyl sites for hydroxylation is 1. The van der Waals surface area contributed by atoms with Crippen molar-refractivity contribution in [1.29, 1.82) is 0 Å². The number of esters is 1. The number of rotatable bonds is 5. The van der Waals surface area contributed by atoms with Crippen LogP contribution < -0.4 is 0 Å². The molecule has 2 aromatic heterocycles. The fourth-order valence-electron chi connectivity index (χ4n) is 1.31. The maximum atomic E-state index is 11.2. The van der Waals surface area contributed by atoms with Gasteiger partial charge >= 0.3 is 5.97 Å². The van der Waals surface area contributed by atoms with Gasteiger partial charge in [-0.3, -0.25) is 4.79 Å². The van der Waals surface area contributed by atoms with Crippen molar-refractivity contribution in [2.24, 2.45) is 0 Å². The SMILES string of the molecule is CCOC(=O)CCc1csc(-c2nccs2)n1. The fraction of sp³-hybridized carbons (Fsp3) is 0.364. The van der Waals surface area contributed by atoms with E-state index in [0.29, 0.717) is 19.4 Å². The highest BCUT2D eigenvalue weighted by molar-refractivity contribution is 7.19. The van der Waals surface area contributed by atoms with Crippen molar-refractivity contribution in [3.05, 3.63) is 22.7 Å². The van der Waals surface area contributed by atoms with Gasteiger partial charge in [-0.2, -0.15) is 0 Å². The summed E-state index contributed by atoms with van der Waals surface area (Å²) in [4.78, 5) is 19.8. The van der Waals surface area contributed by atoms with Crippen LogP contribution in [0.3, 0.4) is 0 Å². The average Bonchev–Trinajstić information content (AvgIpc) is 2.97. The first-order valence-electron chi connectivity index (χ1n) is 5.29. The van der Waals surface area contributed by atoms with Crippen LogP contribution in [0.1, 0.15) is 19.0 Å². The number of thiazole rings is 2. The lowest BCUT2D eigenvalue weighted by Crippen LogP contribution is -2.05. The Morgan fingerprint density at radius 2 is 2.29 bits per heavy atom. The molecule has 0 saturated carbocycles. The van der Waals surface area contributed by atoms with Crippen molar-refractivity contribution in [3.63, 3.8) is 0 Å². The van der Waals surface area contributed by atoms with Crippen molar-refractivity contribution < 1.29 is 9.53 Å². The summed E-state index contributed by atoms with van der Waals surface area (Å²) >= 11 is 3.12. The first-order valence-corrected chi connectivity index (χ1v) is 7.05. The molecule has 2 heterocycles. The van der Waals surface area contributed by atoms with Crippen LogP contribution in [0, 0.1) is 0 Å². The Kier molecular flexibility index (Phi) is 4.22. The third-order valence-corrected chi connectivity index (χ3v) is 3.86. The van der Waals surface area contributed by atoms with E-state index in [9.17, 15) is 4.79 Å². The van der Waals surface area contributed by atoms with Gasteiger partial charge in [-0.15, -0.1) is 22.7 Å². The van der Waals surface area contributed by atoms with Crippen molar-refractivity contribution in [3.8, 4) is 10.0 Å². The number of carbonyl (C=O) groups excluding carboxylic acids is 1. The minimum Gasteiger partial charge on any atom is -0.466 e. The molecule has 4 nitrogen and oxygen atoms in total. The van der Waals surface area contributed by atoms with E-state index in [1.54, 1.807) is 35.8 Å². The minimum absolute atomic E-state index is 0.170. The van der Waals surface area contributed by atoms with E-state index in [4.69, 9.17) is 4.74 Å². The van der Waals surface area contributed by atoms with Crippen LogP contribution in [0.2, 0.25) is 0 Å². The second-order valence-electron chi connectivity index (χ2n) is 3.29. The van der Waals surface area contributed by atoms with Crippen molar-refractivity contribution >= 4 is 28.6 Å². The highest BCUT2D eigenvalue weighted by Crippen LogP contribution is 2.25. The summed E-state index contributed by atoms with van der Waals surface area (Å²) in [6.07, 6.45) is 2.77. The molecule has 6 heteroatoms. The van der Waals surface area contributed by atoms with Gasteiger partial charge in [0.25, 0.3) is 0 Å². The first-order chi connectivity index (χ1) is 8.29. The zero-order chi connectivity index (χ0) is 12.1. The molecule has 2 aromatic rings. The second-order valence-corrected chi connectivity index (χ2v) is 5.04. The Balaban J connectivity index is 1.93. The van der Waals surface area contributed by atoms with Crippen LogP contribution in [0.15, 0.2) is 17.0 Å². The number of hydrogen-bond acceptors (Lipinski definition) is 6. The molecule has 90 valence electrons. The topological polar surface area (TPSA) is 52.1 Å². The van der Waals surface area contributed by atoms with Crippen LogP contribution in [-0.2, 0) is 16.0 Å². The van der Waals surface area contributed by atoms with Crippen molar-refractivity contribution in [2.45, 2.75) is 19.8 Å². The first kappa shape index (κ1) is 12.2. The fourth-order valence-corrected chi connectivity index (χ4v) is 2.86. The molecule has 0 saturated heterocycles. The standard InChI is InChI=1S/C11H12N2O2S2/c1-2-15-9(14)4-3-8-7-17-11(13-8)10-12-5-6-16-10/h5-7H,2-4H2,1H3. The summed E-state index contributed by atoms with van der Waals surface area (Å²) in [5.41, 5.74) is 0.924. The molecule has 0 N–H and O–H groups in total. The normalized spacial score (nSPS) is 10.4. The Labute approximate surface area is 107 Å². The van der Waals surface area contributed by atoms with Gasteiger partial charge in [0.15, 0.2) is 10.0 Å². The highest BCUT2D eigenvalue weighted by Gasteiger charge is 2.08.